The molecule has 152 valence electrons. The number of aromatic amines is 1. The standard InChI is InChI=1S/C24H30N4O/c1-3-4-10-20-16-27(13-14-28(20)18(2)23-15-25-17-26-23)24(29)22-12-7-9-19-8-5-6-11-21(19)22/h5-9,11-12,15,17-18,20H,3-4,10,13-14,16H2,1-2H3,(H,25,26)/t18?,20-/m0/s1. The quantitative estimate of drug-likeness (QED) is 0.667. The van der Waals surface area contributed by atoms with E-state index in [-0.39, 0.29) is 11.9 Å². The number of hydrogen-bond donors (Lipinski definition) is 1. The summed E-state index contributed by atoms with van der Waals surface area (Å²) in [5.74, 6) is 0.150. The fourth-order valence-corrected chi connectivity index (χ4v) is 4.52. The number of aromatic nitrogens is 2. The van der Waals surface area contributed by atoms with Crippen LogP contribution in [0.15, 0.2) is 55.0 Å². The number of carbonyl (C=O) groups excluding carboxylic acids is 1. The van der Waals surface area contributed by atoms with Gasteiger partial charge in [-0.15, -0.1) is 0 Å². The third-order valence-corrected chi connectivity index (χ3v) is 6.19. The maximum atomic E-state index is 13.4. The zero-order valence-corrected chi connectivity index (χ0v) is 17.3. The number of hydrogen-bond acceptors (Lipinski definition) is 3. The predicted molar refractivity (Wildman–Crippen MR) is 117 cm³/mol. The van der Waals surface area contributed by atoms with E-state index in [4.69, 9.17) is 0 Å². The normalized spacial score (nSPS) is 18.8. The average Bonchev–Trinajstić information content (AvgIpc) is 3.31. The summed E-state index contributed by atoms with van der Waals surface area (Å²) in [5, 5.41) is 2.16. The second-order valence-electron chi connectivity index (χ2n) is 7.99. The summed E-state index contributed by atoms with van der Waals surface area (Å²) in [6, 6.07) is 14.8. The van der Waals surface area contributed by atoms with Gasteiger partial charge in [-0.25, -0.2) is 4.98 Å². The zero-order valence-electron chi connectivity index (χ0n) is 17.3. The van der Waals surface area contributed by atoms with Gasteiger partial charge in [-0.3, -0.25) is 9.69 Å². The number of benzene rings is 2. The molecule has 4 rings (SSSR count). The van der Waals surface area contributed by atoms with Crippen LogP contribution >= 0.6 is 0 Å². The third kappa shape index (κ3) is 4.06. The molecule has 1 aliphatic heterocycles. The number of piperazine rings is 1. The number of carbonyl (C=O) groups is 1. The van der Waals surface area contributed by atoms with Gasteiger partial charge in [-0.05, 0) is 30.2 Å². The minimum atomic E-state index is 0.150. The van der Waals surface area contributed by atoms with Gasteiger partial charge in [0, 0.05) is 43.5 Å². The first-order chi connectivity index (χ1) is 14.2. The maximum absolute atomic E-state index is 13.4. The van der Waals surface area contributed by atoms with Crippen molar-refractivity contribution in [2.45, 2.75) is 45.2 Å². The van der Waals surface area contributed by atoms with E-state index < -0.39 is 0 Å². The lowest BCUT2D eigenvalue weighted by Gasteiger charge is -2.44. The summed E-state index contributed by atoms with van der Waals surface area (Å²) >= 11 is 0. The lowest BCUT2D eigenvalue weighted by molar-refractivity contribution is 0.0313. The molecule has 1 amide bonds. The Balaban J connectivity index is 1.56. The SMILES string of the molecule is CCCC[C@H]1CN(C(=O)c2cccc3ccccc23)CCN1C(C)c1cnc[nH]1. The molecule has 5 nitrogen and oxygen atoms in total. The highest BCUT2D eigenvalue weighted by atomic mass is 16.2. The molecule has 2 aromatic carbocycles. The highest BCUT2D eigenvalue weighted by molar-refractivity contribution is 6.07. The Kier molecular flexibility index (Phi) is 5.95. The molecule has 3 aromatic rings. The molecular weight excluding hydrogens is 360 g/mol. The highest BCUT2D eigenvalue weighted by Crippen LogP contribution is 2.28. The molecule has 1 N–H and O–H groups in total. The van der Waals surface area contributed by atoms with Crippen LogP contribution < -0.4 is 0 Å². The molecule has 0 saturated carbocycles. The fraction of sp³-hybridized carbons (Fsp3) is 0.417. The van der Waals surface area contributed by atoms with Crippen LogP contribution in [0.3, 0.4) is 0 Å². The van der Waals surface area contributed by atoms with Gasteiger partial charge in [0.2, 0.25) is 0 Å². The number of nitrogens with one attached hydrogen (secondary N) is 1. The van der Waals surface area contributed by atoms with Gasteiger partial charge >= 0.3 is 0 Å². The maximum Gasteiger partial charge on any atom is 0.254 e. The van der Waals surface area contributed by atoms with Gasteiger partial charge in [0.1, 0.15) is 0 Å². The molecule has 29 heavy (non-hydrogen) atoms. The Labute approximate surface area is 172 Å². The molecule has 1 fully saturated rings. The van der Waals surface area contributed by atoms with Crippen molar-refractivity contribution in [1.29, 1.82) is 0 Å². The summed E-state index contributed by atoms with van der Waals surface area (Å²) in [7, 11) is 0. The van der Waals surface area contributed by atoms with E-state index in [0.717, 1.165) is 48.1 Å². The van der Waals surface area contributed by atoms with Crippen LogP contribution in [0.2, 0.25) is 0 Å². The zero-order chi connectivity index (χ0) is 20.2. The predicted octanol–water partition coefficient (Wildman–Crippen LogP) is 4.64. The van der Waals surface area contributed by atoms with Crippen molar-refractivity contribution in [2.24, 2.45) is 0 Å². The molecule has 2 heterocycles. The van der Waals surface area contributed by atoms with Gasteiger partial charge in [-0.2, -0.15) is 0 Å². The summed E-state index contributed by atoms with van der Waals surface area (Å²) in [5.41, 5.74) is 1.95. The highest BCUT2D eigenvalue weighted by Gasteiger charge is 2.33. The Hall–Kier alpha value is -2.66. The summed E-state index contributed by atoms with van der Waals surface area (Å²) in [4.78, 5) is 25.5. The molecule has 1 aromatic heterocycles. The summed E-state index contributed by atoms with van der Waals surface area (Å²) in [6.07, 6.45) is 7.10. The van der Waals surface area contributed by atoms with Crippen LogP contribution in [0.5, 0.6) is 0 Å². The van der Waals surface area contributed by atoms with Gasteiger partial charge in [0.25, 0.3) is 5.91 Å². The first-order valence-electron chi connectivity index (χ1n) is 10.7. The van der Waals surface area contributed by atoms with E-state index in [1.165, 1.54) is 12.8 Å². The molecule has 1 saturated heterocycles. The van der Waals surface area contributed by atoms with Crippen molar-refractivity contribution in [1.82, 2.24) is 19.8 Å². The van der Waals surface area contributed by atoms with E-state index in [1.54, 1.807) is 6.33 Å². The lowest BCUT2D eigenvalue weighted by Crippen LogP contribution is -2.55. The smallest absolute Gasteiger partial charge is 0.254 e. The minimum absolute atomic E-state index is 0.150. The Morgan fingerprint density at radius 1 is 1.21 bits per heavy atom. The van der Waals surface area contributed by atoms with Crippen molar-refractivity contribution in [3.8, 4) is 0 Å². The lowest BCUT2D eigenvalue weighted by atomic mass is 9.99. The molecule has 0 aliphatic carbocycles. The molecular formula is C24H30N4O. The molecule has 5 heteroatoms. The van der Waals surface area contributed by atoms with E-state index in [1.807, 2.05) is 36.5 Å². The van der Waals surface area contributed by atoms with Crippen molar-refractivity contribution in [3.05, 3.63) is 66.2 Å². The van der Waals surface area contributed by atoms with Gasteiger partial charge in [0.15, 0.2) is 0 Å². The summed E-state index contributed by atoms with van der Waals surface area (Å²) < 4.78 is 0. The minimum Gasteiger partial charge on any atom is -0.347 e. The number of unbranched alkanes of at least 4 members (excludes halogenated alkanes) is 1. The van der Waals surface area contributed by atoms with Crippen molar-refractivity contribution in [2.75, 3.05) is 19.6 Å². The van der Waals surface area contributed by atoms with Crippen LogP contribution in [0.4, 0.5) is 0 Å². The monoisotopic (exact) mass is 390 g/mol. The largest absolute Gasteiger partial charge is 0.347 e. The van der Waals surface area contributed by atoms with Crippen molar-refractivity contribution in [3.63, 3.8) is 0 Å². The van der Waals surface area contributed by atoms with Crippen LogP contribution in [-0.4, -0.2) is 51.4 Å². The Bertz CT molecular complexity index is 947. The van der Waals surface area contributed by atoms with Crippen molar-refractivity contribution >= 4 is 16.7 Å². The number of amides is 1. The number of fused-ring (bicyclic) bond motifs is 1. The van der Waals surface area contributed by atoms with Gasteiger partial charge in [0.05, 0.1) is 12.0 Å². The fourth-order valence-electron chi connectivity index (χ4n) is 4.52. The number of imidazole rings is 1. The average molecular weight is 391 g/mol. The second-order valence-corrected chi connectivity index (χ2v) is 7.99. The van der Waals surface area contributed by atoms with Crippen LogP contribution in [0.25, 0.3) is 10.8 Å². The molecule has 0 spiro atoms. The Morgan fingerprint density at radius 3 is 2.83 bits per heavy atom. The van der Waals surface area contributed by atoms with Crippen LogP contribution in [-0.2, 0) is 0 Å². The van der Waals surface area contributed by atoms with E-state index in [9.17, 15) is 4.79 Å². The van der Waals surface area contributed by atoms with E-state index in [2.05, 4.69) is 45.7 Å². The number of rotatable bonds is 6. The molecule has 1 aliphatic rings. The van der Waals surface area contributed by atoms with E-state index in [0.29, 0.717) is 6.04 Å². The first-order valence-corrected chi connectivity index (χ1v) is 10.7. The molecule has 0 bridgehead atoms. The third-order valence-electron chi connectivity index (χ3n) is 6.19. The summed E-state index contributed by atoms with van der Waals surface area (Å²) in [6.45, 7) is 6.87. The van der Waals surface area contributed by atoms with Gasteiger partial charge in [-0.1, -0.05) is 56.2 Å². The Morgan fingerprint density at radius 2 is 2.03 bits per heavy atom. The molecule has 1 unspecified atom stereocenters. The number of H-pyrrole nitrogens is 1. The van der Waals surface area contributed by atoms with Crippen molar-refractivity contribution < 1.29 is 4.79 Å². The molecule has 0 radical (unpaired) electrons. The molecule has 2 atom stereocenters. The van der Waals surface area contributed by atoms with Gasteiger partial charge < -0.3 is 9.88 Å². The van der Waals surface area contributed by atoms with Crippen LogP contribution in [0, 0.1) is 0 Å². The van der Waals surface area contributed by atoms with E-state index >= 15 is 0 Å². The topological polar surface area (TPSA) is 52.2 Å². The first kappa shape index (κ1) is 19.6. The van der Waals surface area contributed by atoms with Crippen LogP contribution in [0.1, 0.15) is 55.2 Å². The second kappa shape index (κ2) is 8.78. The number of nitrogens with zero attached hydrogens (tertiary/aromatic N) is 3.